The van der Waals surface area contributed by atoms with Gasteiger partial charge in [-0.3, -0.25) is 0 Å². The van der Waals surface area contributed by atoms with Crippen LogP contribution in [0.5, 0.6) is 0 Å². The Labute approximate surface area is 70.5 Å². The maximum absolute atomic E-state index is 9.19. The van der Waals surface area contributed by atoms with E-state index in [9.17, 15) is 5.11 Å². The van der Waals surface area contributed by atoms with Crippen molar-refractivity contribution >= 4 is 0 Å². The van der Waals surface area contributed by atoms with Crippen LogP contribution in [0.2, 0.25) is 0 Å². The van der Waals surface area contributed by atoms with E-state index in [1.807, 2.05) is 6.07 Å². The van der Waals surface area contributed by atoms with Gasteiger partial charge in [0.05, 0.1) is 18.2 Å². The zero-order valence-electron chi connectivity index (χ0n) is 6.44. The number of nitrogens with zero attached hydrogens (tertiary/aromatic N) is 1. The molecule has 62 valence electrons. The second-order valence-electron chi connectivity index (χ2n) is 2.44. The van der Waals surface area contributed by atoms with Gasteiger partial charge in [-0.05, 0) is 17.7 Å². The van der Waals surface area contributed by atoms with Crippen molar-refractivity contribution in [1.29, 1.82) is 5.26 Å². The predicted molar refractivity (Wildman–Crippen MR) is 43.2 cm³/mol. The molecular weight excluding hydrogens is 154 g/mol. The number of benzene rings is 1. The average Bonchev–Trinajstić information content (AvgIpc) is 2.17. The topological polar surface area (TPSA) is 64.2 Å². The zero-order valence-corrected chi connectivity index (χ0v) is 6.44. The largest absolute Gasteiger partial charge is 0.393 e. The van der Waals surface area contributed by atoms with Crippen LogP contribution in [0.3, 0.4) is 0 Å². The van der Waals surface area contributed by atoms with E-state index < -0.39 is 6.10 Å². The summed E-state index contributed by atoms with van der Waals surface area (Å²) in [5, 5.41) is 26.3. The number of hydrogen-bond acceptors (Lipinski definition) is 3. The maximum Gasteiger partial charge on any atom is 0.102 e. The highest BCUT2D eigenvalue weighted by atomic mass is 16.3. The van der Waals surface area contributed by atoms with Crippen molar-refractivity contribution in [3.05, 3.63) is 35.4 Å². The molecule has 0 aliphatic heterocycles. The van der Waals surface area contributed by atoms with Crippen molar-refractivity contribution in [2.24, 2.45) is 0 Å². The lowest BCUT2D eigenvalue weighted by Gasteiger charge is -2.06. The van der Waals surface area contributed by atoms with Crippen LogP contribution in [0.25, 0.3) is 0 Å². The third kappa shape index (κ3) is 1.82. The Morgan fingerprint density at radius 3 is 2.83 bits per heavy atom. The third-order valence-electron chi connectivity index (χ3n) is 1.57. The minimum Gasteiger partial charge on any atom is -0.393 e. The lowest BCUT2D eigenvalue weighted by atomic mass is 10.1. The summed E-state index contributed by atoms with van der Waals surface area (Å²) in [6, 6.07) is 8.50. The van der Waals surface area contributed by atoms with Gasteiger partial charge >= 0.3 is 0 Å². The Kier molecular flexibility index (Phi) is 2.81. The minimum atomic E-state index is -0.890. The number of aliphatic hydroxyl groups excluding tert-OH is 2. The summed E-state index contributed by atoms with van der Waals surface area (Å²) in [5.74, 6) is 0. The van der Waals surface area contributed by atoms with Gasteiger partial charge in [-0.25, -0.2) is 0 Å². The Balaban J connectivity index is 2.95. The van der Waals surface area contributed by atoms with Gasteiger partial charge < -0.3 is 10.2 Å². The molecule has 3 heteroatoms. The summed E-state index contributed by atoms with van der Waals surface area (Å²) in [6.07, 6.45) is -0.890. The molecule has 1 aromatic rings. The minimum absolute atomic E-state index is 0.325. The monoisotopic (exact) mass is 163 g/mol. The van der Waals surface area contributed by atoms with Gasteiger partial charge in [0.15, 0.2) is 0 Å². The van der Waals surface area contributed by atoms with Crippen LogP contribution in [-0.2, 0) is 0 Å². The number of rotatable bonds is 2. The van der Waals surface area contributed by atoms with E-state index in [0.717, 1.165) is 0 Å². The van der Waals surface area contributed by atoms with Gasteiger partial charge in [0.2, 0.25) is 0 Å². The predicted octanol–water partition coefficient (Wildman–Crippen LogP) is 0.584. The van der Waals surface area contributed by atoms with Crippen LogP contribution >= 0.6 is 0 Å². The fraction of sp³-hybridized carbons (Fsp3) is 0.222. The highest BCUT2D eigenvalue weighted by Gasteiger charge is 2.05. The van der Waals surface area contributed by atoms with E-state index in [1.54, 1.807) is 24.3 Å². The van der Waals surface area contributed by atoms with E-state index in [4.69, 9.17) is 10.4 Å². The molecule has 3 nitrogen and oxygen atoms in total. The van der Waals surface area contributed by atoms with Gasteiger partial charge in [-0.2, -0.15) is 5.26 Å². The van der Waals surface area contributed by atoms with Gasteiger partial charge in [0.1, 0.15) is 6.10 Å². The van der Waals surface area contributed by atoms with Crippen LogP contribution in [0.15, 0.2) is 24.3 Å². The first-order valence-corrected chi connectivity index (χ1v) is 3.57. The number of aliphatic hydroxyl groups is 2. The standard InChI is InChI=1S/C9H9NO2/c10-5-7-2-1-3-8(4-7)9(12)6-11/h1-4,9,11-12H,6H2/t9-/m0/s1. The van der Waals surface area contributed by atoms with Crippen molar-refractivity contribution in [3.8, 4) is 6.07 Å². The molecule has 1 aromatic carbocycles. The molecule has 0 aliphatic carbocycles. The molecule has 0 fully saturated rings. The second kappa shape index (κ2) is 3.86. The molecule has 0 saturated heterocycles. The summed E-state index contributed by atoms with van der Waals surface area (Å²) in [6.45, 7) is -0.325. The summed E-state index contributed by atoms with van der Waals surface area (Å²) < 4.78 is 0. The molecule has 0 bridgehead atoms. The molecule has 0 amide bonds. The lowest BCUT2D eigenvalue weighted by molar-refractivity contribution is 0.0956. The molecule has 12 heavy (non-hydrogen) atoms. The fourth-order valence-corrected chi connectivity index (χ4v) is 0.921. The van der Waals surface area contributed by atoms with Crippen molar-refractivity contribution < 1.29 is 10.2 Å². The first-order valence-electron chi connectivity index (χ1n) is 3.57. The van der Waals surface area contributed by atoms with Crippen LogP contribution in [0.4, 0.5) is 0 Å². The van der Waals surface area contributed by atoms with Crippen molar-refractivity contribution in [3.63, 3.8) is 0 Å². The average molecular weight is 163 g/mol. The summed E-state index contributed by atoms with van der Waals surface area (Å²) in [7, 11) is 0. The van der Waals surface area contributed by atoms with Gasteiger partial charge in [0, 0.05) is 0 Å². The van der Waals surface area contributed by atoms with E-state index in [2.05, 4.69) is 0 Å². The second-order valence-corrected chi connectivity index (χ2v) is 2.44. The molecule has 2 N–H and O–H groups in total. The van der Waals surface area contributed by atoms with Gasteiger partial charge in [-0.15, -0.1) is 0 Å². The smallest absolute Gasteiger partial charge is 0.102 e. The molecule has 0 radical (unpaired) electrons. The SMILES string of the molecule is N#Cc1cccc([C@@H](O)CO)c1. The van der Waals surface area contributed by atoms with Crippen LogP contribution in [0, 0.1) is 11.3 Å². The molecule has 1 rings (SSSR count). The Morgan fingerprint density at radius 2 is 2.25 bits per heavy atom. The quantitative estimate of drug-likeness (QED) is 0.670. The molecule has 0 saturated carbocycles. The molecule has 0 aliphatic rings. The normalized spacial score (nSPS) is 12.1. The van der Waals surface area contributed by atoms with E-state index in [-0.39, 0.29) is 6.61 Å². The molecule has 0 unspecified atom stereocenters. The molecule has 1 atom stereocenters. The number of hydrogen-bond donors (Lipinski definition) is 2. The number of nitriles is 1. The first-order chi connectivity index (χ1) is 5.77. The highest BCUT2D eigenvalue weighted by Crippen LogP contribution is 2.12. The van der Waals surface area contributed by atoms with E-state index >= 15 is 0 Å². The van der Waals surface area contributed by atoms with Crippen LogP contribution in [-0.4, -0.2) is 16.8 Å². The summed E-state index contributed by atoms with van der Waals surface area (Å²) in [5.41, 5.74) is 1.05. The first kappa shape index (κ1) is 8.72. The third-order valence-corrected chi connectivity index (χ3v) is 1.57. The Hall–Kier alpha value is -1.37. The van der Waals surface area contributed by atoms with Crippen LogP contribution < -0.4 is 0 Å². The summed E-state index contributed by atoms with van der Waals surface area (Å²) in [4.78, 5) is 0. The zero-order chi connectivity index (χ0) is 8.97. The van der Waals surface area contributed by atoms with Crippen LogP contribution in [0.1, 0.15) is 17.2 Å². The Bertz CT molecular complexity index is 304. The Morgan fingerprint density at radius 1 is 1.50 bits per heavy atom. The van der Waals surface area contributed by atoms with Gasteiger partial charge in [0.25, 0.3) is 0 Å². The maximum atomic E-state index is 9.19. The molecule has 0 heterocycles. The van der Waals surface area contributed by atoms with E-state index in [1.165, 1.54) is 0 Å². The van der Waals surface area contributed by atoms with Crippen molar-refractivity contribution in [2.75, 3.05) is 6.61 Å². The van der Waals surface area contributed by atoms with Gasteiger partial charge in [-0.1, -0.05) is 12.1 Å². The lowest BCUT2D eigenvalue weighted by Crippen LogP contribution is -2.02. The molecular formula is C9H9NO2. The molecule has 0 spiro atoms. The fourth-order valence-electron chi connectivity index (χ4n) is 0.921. The van der Waals surface area contributed by atoms with Crippen molar-refractivity contribution in [1.82, 2.24) is 0 Å². The van der Waals surface area contributed by atoms with Crippen molar-refractivity contribution in [2.45, 2.75) is 6.10 Å². The highest BCUT2D eigenvalue weighted by molar-refractivity contribution is 5.33. The summed E-state index contributed by atoms with van der Waals surface area (Å²) >= 11 is 0. The molecule has 0 aromatic heterocycles. The van der Waals surface area contributed by atoms with E-state index in [0.29, 0.717) is 11.1 Å².